The standard InChI is InChI=1S/C21H20O3.C2H6/c1-14(2)19-13-21(22)24-20-12-16(8-11-18(19)20)5-4-15-6-9-17(23-3)10-7-15;1-2/h4-14H,1-3H3;1-2H3/b5-4+;. The number of hydrogen-bond donors (Lipinski definition) is 0. The van der Waals surface area contributed by atoms with Gasteiger partial charge in [0.25, 0.3) is 0 Å². The molecule has 2 aromatic carbocycles. The summed E-state index contributed by atoms with van der Waals surface area (Å²) >= 11 is 0. The number of methoxy groups -OCH3 is 1. The van der Waals surface area contributed by atoms with Crippen LogP contribution in [0.5, 0.6) is 5.75 Å². The number of hydrogen-bond acceptors (Lipinski definition) is 3. The summed E-state index contributed by atoms with van der Waals surface area (Å²) in [6, 6.07) is 15.4. The zero-order chi connectivity index (χ0) is 19.1. The zero-order valence-corrected chi connectivity index (χ0v) is 16.1. The van der Waals surface area contributed by atoms with Crippen molar-refractivity contribution in [2.45, 2.75) is 33.6 Å². The molecule has 0 radical (unpaired) electrons. The molecule has 3 rings (SSSR count). The maximum Gasteiger partial charge on any atom is 0.336 e. The maximum absolute atomic E-state index is 11.8. The third kappa shape index (κ3) is 4.63. The van der Waals surface area contributed by atoms with Crippen LogP contribution in [-0.2, 0) is 0 Å². The molecule has 0 aliphatic carbocycles. The molecular formula is C23H26O3. The highest BCUT2D eigenvalue weighted by Gasteiger charge is 2.08. The molecule has 0 atom stereocenters. The summed E-state index contributed by atoms with van der Waals surface area (Å²) in [6.07, 6.45) is 4.02. The molecule has 0 bridgehead atoms. The third-order valence-electron chi connectivity index (χ3n) is 4.01. The highest BCUT2D eigenvalue weighted by Crippen LogP contribution is 2.25. The summed E-state index contributed by atoms with van der Waals surface area (Å²) in [6.45, 7) is 8.15. The molecule has 0 aliphatic rings. The first-order chi connectivity index (χ1) is 12.6. The summed E-state index contributed by atoms with van der Waals surface area (Å²) in [5, 5.41) is 0.992. The Hall–Kier alpha value is -2.81. The maximum atomic E-state index is 11.8. The van der Waals surface area contributed by atoms with Crippen molar-refractivity contribution in [1.82, 2.24) is 0 Å². The van der Waals surface area contributed by atoms with Crippen molar-refractivity contribution in [3.8, 4) is 5.75 Å². The van der Waals surface area contributed by atoms with Crippen LogP contribution in [0.25, 0.3) is 23.1 Å². The van der Waals surface area contributed by atoms with E-state index >= 15 is 0 Å². The van der Waals surface area contributed by atoms with Crippen molar-refractivity contribution in [2.75, 3.05) is 7.11 Å². The van der Waals surface area contributed by atoms with Gasteiger partial charge in [-0.1, -0.05) is 64.1 Å². The van der Waals surface area contributed by atoms with Crippen LogP contribution in [0.2, 0.25) is 0 Å². The van der Waals surface area contributed by atoms with Crippen molar-refractivity contribution in [2.24, 2.45) is 0 Å². The molecule has 0 N–H and O–H groups in total. The Morgan fingerprint density at radius 3 is 2.15 bits per heavy atom. The van der Waals surface area contributed by atoms with Crippen LogP contribution in [-0.4, -0.2) is 7.11 Å². The van der Waals surface area contributed by atoms with E-state index in [2.05, 4.69) is 13.8 Å². The molecule has 136 valence electrons. The predicted octanol–water partition coefficient (Wildman–Crippen LogP) is 6.12. The molecule has 0 fully saturated rings. The van der Waals surface area contributed by atoms with Crippen LogP contribution in [0.15, 0.2) is 57.7 Å². The topological polar surface area (TPSA) is 39.4 Å². The second-order valence-corrected chi connectivity index (χ2v) is 6.04. The van der Waals surface area contributed by atoms with Crippen LogP contribution in [0.4, 0.5) is 0 Å². The molecule has 1 heterocycles. The van der Waals surface area contributed by atoms with Gasteiger partial charge in [-0.25, -0.2) is 4.79 Å². The lowest BCUT2D eigenvalue weighted by atomic mass is 9.98. The molecule has 0 saturated carbocycles. The highest BCUT2D eigenvalue weighted by molar-refractivity contribution is 5.84. The van der Waals surface area contributed by atoms with Gasteiger partial charge in [0.2, 0.25) is 0 Å². The van der Waals surface area contributed by atoms with Crippen LogP contribution >= 0.6 is 0 Å². The van der Waals surface area contributed by atoms with Crippen molar-refractivity contribution >= 4 is 23.1 Å². The van der Waals surface area contributed by atoms with Gasteiger partial charge in [0, 0.05) is 11.5 Å². The Labute approximate surface area is 154 Å². The predicted molar refractivity (Wildman–Crippen MR) is 110 cm³/mol. The monoisotopic (exact) mass is 350 g/mol. The van der Waals surface area contributed by atoms with Crippen molar-refractivity contribution in [3.63, 3.8) is 0 Å². The van der Waals surface area contributed by atoms with Gasteiger partial charge in [-0.05, 0) is 40.8 Å². The number of fused-ring (bicyclic) bond motifs is 1. The van der Waals surface area contributed by atoms with E-state index in [1.165, 1.54) is 0 Å². The minimum atomic E-state index is -0.303. The van der Waals surface area contributed by atoms with Gasteiger partial charge < -0.3 is 9.15 Å². The minimum Gasteiger partial charge on any atom is -0.497 e. The number of ether oxygens (including phenoxy) is 1. The second kappa shape index (κ2) is 9.04. The van der Waals surface area contributed by atoms with E-state index < -0.39 is 0 Å². The van der Waals surface area contributed by atoms with Gasteiger partial charge >= 0.3 is 5.63 Å². The first-order valence-electron chi connectivity index (χ1n) is 8.97. The second-order valence-electron chi connectivity index (χ2n) is 6.04. The van der Waals surface area contributed by atoms with E-state index in [0.717, 1.165) is 27.8 Å². The minimum absolute atomic E-state index is 0.275. The first-order valence-corrected chi connectivity index (χ1v) is 8.97. The molecule has 1 aromatic heterocycles. The van der Waals surface area contributed by atoms with E-state index in [9.17, 15) is 4.79 Å². The molecule has 3 aromatic rings. The summed E-state index contributed by atoms with van der Waals surface area (Å²) in [5.74, 6) is 1.11. The Morgan fingerprint density at radius 2 is 1.54 bits per heavy atom. The highest BCUT2D eigenvalue weighted by atomic mass is 16.5. The third-order valence-corrected chi connectivity index (χ3v) is 4.01. The zero-order valence-electron chi connectivity index (χ0n) is 16.1. The molecular weight excluding hydrogens is 324 g/mol. The van der Waals surface area contributed by atoms with Gasteiger partial charge in [0.15, 0.2) is 0 Å². The molecule has 0 saturated heterocycles. The summed E-state index contributed by atoms with van der Waals surface area (Å²) in [4.78, 5) is 11.8. The van der Waals surface area contributed by atoms with Crippen molar-refractivity contribution < 1.29 is 9.15 Å². The first kappa shape index (κ1) is 19.5. The van der Waals surface area contributed by atoms with Crippen molar-refractivity contribution in [3.05, 3.63) is 75.6 Å². The van der Waals surface area contributed by atoms with E-state index in [0.29, 0.717) is 5.58 Å². The number of rotatable bonds is 4. The quantitative estimate of drug-likeness (QED) is 0.420. The molecule has 0 amide bonds. The molecule has 0 aliphatic heterocycles. The number of benzene rings is 2. The lowest BCUT2D eigenvalue weighted by molar-refractivity contribution is 0.415. The lowest BCUT2D eigenvalue weighted by Crippen LogP contribution is -2.01. The van der Waals surface area contributed by atoms with E-state index in [1.54, 1.807) is 13.2 Å². The molecule has 3 nitrogen and oxygen atoms in total. The fourth-order valence-corrected chi connectivity index (χ4v) is 2.69. The molecule has 0 spiro atoms. The van der Waals surface area contributed by atoms with Gasteiger partial charge in [-0.3, -0.25) is 0 Å². The summed E-state index contributed by atoms with van der Waals surface area (Å²) in [5.41, 5.74) is 3.41. The SMILES string of the molecule is CC.COc1ccc(/C=C/c2ccc3c(C(C)C)cc(=O)oc3c2)cc1. The van der Waals surface area contributed by atoms with E-state index in [4.69, 9.17) is 9.15 Å². The van der Waals surface area contributed by atoms with Gasteiger partial charge in [-0.2, -0.15) is 0 Å². The van der Waals surface area contributed by atoms with Crippen LogP contribution in [0, 0.1) is 0 Å². The van der Waals surface area contributed by atoms with Gasteiger partial charge in [-0.15, -0.1) is 0 Å². The normalized spacial score (nSPS) is 10.8. The molecule has 0 unspecified atom stereocenters. The fourth-order valence-electron chi connectivity index (χ4n) is 2.69. The van der Waals surface area contributed by atoms with Gasteiger partial charge in [0.1, 0.15) is 11.3 Å². The van der Waals surface area contributed by atoms with Crippen LogP contribution in [0.1, 0.15) is 50.3 Å². The van der Waals surface area contributed by atoms with Crippen LogP contribution < -0.4 is 10.4 Å². The van der Waals surface area contributed by atoms with Crippen LogP contribution in [0.3, 0.4) is 0 Å². The summed E-state index contributed by atoms with van der Waals surface area (Å²) < 4.78 is 10.5. The Morgan fingerprint density at radius 1 is 0.923 bits per heavy atom. The lowest BCUT2D eigenvalue weighted by Gasteiger charge is -2.08. The Kier molecular flexibility index (Phi) is 6.79. The largest absolute Gasteiger partial charge is 0.497 e. The van der Waals surface area contributed by atoms with Crippen molar-refractivity contribution in [1.29, 1.82) is 0 Å². The summed E-state index contributed by atoms with van der Waals surface area (Å²) in [7, 11) is 1.65. The fraction of sp³-hybridized carbons (Fsp3) is 0.261. The average molecular weight is 350 g/mol. The molecule has 3 heteroatoms. The average Bonchev–Trinajstić information content (AvgIpc) is 2.67. The van der Waals surface area contributed by atoms with Gasteiger partial charge in [0.05, 0.1) is 7.11 Å². The smallest absolute Gasteiger partial charge is 0.336 e. The van der Waals surface area contributed by atoms with E-state index in [1.807, 2.05) is 68.5 Å². The Balaban J connectivity index is 0.00000117. The Bertz CT molecular complexity index is 932. The van der Waals surface area contributed by atoms with E-state index in [-0.39, 0.29) is 11.5 Å². The molecule has 26 heavy (non-hydrogen) atoms.